The van der Waals surface area contributed by atoms with Crippen LogP contribution in [-0.4, -0.2) is 20.5 Å². The van der Waals surface area contributed by atoms with Gasteiger partial charge in [-0.25, -0.2) is 9.78 Å². The number of carboxylic acids is 1. The van der Waals surface area contributed by atoms with Crippen LogP contribution in [0.15, 0.2) is 40.3 Å². The van der Waals surface area contributed by atoms with Gasteiger partial charge < -0.3 is 10.4 Å². The summed E-state index contributed by atoms with van der Waals surface area (Å²) in [4.78, 5) is 16.8. The van der Waals surface area contributed by atoms with Crippen molar-refractivity contribution in [1.29, 1.82) is 0 Å². The maximum Gasteiger partial charge on any atom is 0.356 e. The minimum Gasteiger partial charge on any atom is -0.476 e. The molecule has 0 bridgehead atoms. The quantitative estimate of drug-likeness (QED) is 0.755. The third-order valence-electron chi connectivity index (χ3n) is 2.79. The average Bonchev–Trinajstić information content (AvgIpc) is 2.99. The summed E-state index contributed by atoms with van der Waals surface area (Å²) < 4.78 is 2.61. The van der Waals surface area contributed by atoms with Crippen molar-refractivity contribution in [3.63, 3.8) is 0 Å². The van der Waals surface area contributed by atoms with Gasteiger partial charge in [0.25, 0.3) is 0 Å². The summed E-state index contributed by atoms with van der Waals surface area (Å²) in [5, 5.41) is 12.4. The summed E-state index contributed by atoms with van der Waals surface area (Å²) in [6.07, 6.45) is 1.69. The van der Waals surface area contributed by atoms with Gasteiger partial charge in [0, 0.05) is 11.1 Å². The predicted molar refractivity (Wildman–Crippen MR) is 81.5 cm³/mol. The van der Waals surface area contributed by atoms with Crippen LogP contribution >= 0.6 is 27.3 Å². The monoisotopic (exact) mass is 351 g/mol. The Hall–Kier alpha value is -1.86. The van der Waals surface area contributed by atoms with Crippen molar-refractivity contribution in [1.82, 2.24) is 9.38 Å². The second kappa shape index (κ2) is 5.26. The number of rotatable bonds is 4. The number of pyridine rings is 1. The Morgan fingerprint density at radius 1 is 1.40 bits per heavy atom. The Labute approximate surface area is 127 Å². The molecule has 0 unspecified atom stereocenters. The average molecular weight is 352 g/mol. The van der Waals surface area contributed by atoms with Gasteiger partial charge in [0.05, 0.1) is 10.3 Å². The molecule has 2 N–H and O–H groups in total. The van der Waals surface area contributed by atoms with Crippen LogP contribution in [0.4, 0.5) is 5.82 Å². The predicted octanol–water partition coefficient (Wildman–Crippen LogP) is 3.47. The van der Waals surface area contributed by atoms with Gasteiger partial charge in [0.15, 0.2) is 11.5 Å². The van der Waals surface area contributed by atoms with Crippen molar-refractivity contribution in [2.75, 3.05) is 5.32 Å². The topological polar surface area (TPSA) is 66.6 Å². The number of hydrogen-bond donors (Lipinski definition) is 2. The molecular formula is C13H10BrN3O2S. The third kappa shape index (κ3) is 2.41. The zero-order chi connectivity index (χ0) is 14.1. The Bertz CT molecular complexity index is 781. The van der Waals surface area contributed by atoms with E-state index in [0.717, 1.165) is 8.66 Å². The molecular weight excluding hydrogens is 342 g/mol. The number of imidazole rings is 1. The highest BCUT2D eigenvalue weighted by atomic mass is 79.9. The Morgan fingerprint density at radius 2 is 2.25 bits per heavy atom. The molecule has 3 aromatic heterocycles. The number of aromatic carboxylic acids is 1. The fourth-order valence-corrected chi connectivity index (χ4v) is 3.36. The lowest BCUT2D eigenvalue weighted by Gasteiger charge is -2.02. The second-order valence-electron chi connectivity index (χ2n) is 4.10. The number of thiophene rings is 1. The van der Waals surface area contributed by atoms with Gasteiger partial charge in [0.2, 0.25) is 0 Å². The maximum absolute atomic E-state index is 11.4. The van der Waals surface area contributed by atoms with E-state index >= 15 is 0 Å². The SMILES string of the molecule is O=C(O)c1c(NCc2ccc(Br)s2)nc2ccccn12. The van der Waals surface area contributed by atoms with E-state index in [2.05, 4.69) is 26.2 Å². The number of aromatic nitrogens is 2. The van der Waals surface area contributed by atoms with E-state index in [-0.39, 0.29) is 5.69 Å². The number of fused-ring (bicyclic) bond motifs is 1. The molecule has 3 rings (SSSR count). The molecule has 0 saturated heterocycles. The number of nitrogens with one attached hydrogen (secondary N) is 1. The summed E-state index contributed by atoms with van der Waals surface area (Å²) in [6.45, 7) is 0.542. The van der Waals surface area contributed by atoms with Crippen LogP contribution in [0.25, 0.3) is 5.65 Å². The largest absolute Gasteiger partial charge is 0.476 e. The van der Waals surface area contributed by atoms with Crippen LogP contribution in [0, 0.1) is 0 Å². The minimum absolute atomic E-state index is 0.149. The third-order valence-corrected chi connectivity index (χ3v) is 4.42. The first-order valence-electron chi connectivity index (χ1n) is 5.83. The van der Waals surface area contributed by atoms with E-state index in [1.165, 1.54) is 0 Å². The van der Waals surface area contributed by atoms with E-state index in [4.69, 9.17) is 0 Å². The van der Waals surface area contributed by atoms with Gasteiger partial charge in [-0.05, 0) is 40.2 Å². The van der Waals surface area contributed by atoms with Crippen molar-refractivity contribution < 1.29 is 9.90 Å². The number of carbonyl (C=O) groups is 1. The standard InChI is InChI=1S/C13H10BrN3O2S/c14-9-5-4-8(20-9)7-15-12-11(13(18)19)17-6-2-1-3-10(17)16-12/h1-6,15H,7H2,(H,18,19). The number of carboxylic acid groups (broad SMARTS) is 1. The molecule has 0 aliphatic rings. The molecule has 0 spiro atoms. The Balaban J connectivity index is 1.94. The first-order chi connectivity index (χ1) is 9.65. The molecule has 3 heterocycles. The first kappa shape index (κ1) is 13.1. The lowest BCUT2D eigenvalue weighted by atomic mass is 10.4. The highest BCUT2D eigenvalue weighted by Gasteiger charge is 2.18. The lowest BCUT2D eigenvalue weighted by molar-refractivity contribution is 0.0690. The highest BCUT2D eigenvalue weighted by Crippen LogP contribution is 2.24. The lowest BCUT2D eigenvalue weighted by Crippen LogP contribution is -2.07. The molecule has 20 heavy (non-hydrogen) atoms. The van der Waals surface area contributed by atoms with Gasteiger partial charge in [0.1, 0.15) is 5.65 Å². The molecule has 0 aliphatic heterocycles. The Morgan fingerprint density at radius 3 is 2.95 bits per heavy atom. The van der Waals surface area contributed by atoms with Crippen LogP contribution in [0.1, 0.15) is 15.4 Å². The van der Waals surface area contributed by atoms with Crippen molar-refractivity contribution >= 4 is 44.7 Å². The summed E-state index contributed by atoms with van der Waals surface area (Å²) in [5.41, 5.74) is 0.760. The van der Waals surface area contributed by atoms with E-state index in [1.54, 1.807) is 34.1 Å². The molecule has 0 aliphatic carbocycles. The van der Waals surface area contributed by atoms with Crippen molar-refractivity contribution in [3.8, 4) is 0 Å². The molecule has 0 aromatic carbocycles. The summed E-state index contributed by atoms with van der Waals surface area (Å²) in [7, 11) is 0. The molecule has 3 aromatic rings. The zero-order valence-corrected chi connectivity index (χ0v) is 12.6. The van der Waals surface area contributed by atoms with Crippen LogP contribution in [0.5, 0.6) is 0 Å². The van der Waals surface area contributed by atoms with Crippen molar-refractivity contribution in [2.45, 2.75) is 6.54 Å². The molecule has 7 heteroatoms. The molecule has 0 fully saturated rings. The molecule has 0 amide bonds. The molecule has 102 valence electrons. The van der Waals surface area contributed by atoms with Gasteiger partial charge in [-0.3, -0.25) is 4.40 Å². The number of halogens is 1. The van der Waals surface area contributed by atoms with Crippen LogP contribution in [-0.2, 0) is 6.54 Å². The number of anilines is 1. The summed E-state index contributed by atoms with van der Waals surface area (Å²) in [6, 6.07) is 9.33. The fraction of sp³-hybridized carbons (Fsp3) is 0.0769. The zero-order valence-electron chi connectivity index (χ0n) is 10.2. The normalized spacial score (nSPS) is 10.8. The maximum atomic E-state index is 11.4. The Kier molecular flexibility index (Phi) is 3.45. The molecule has 5 nitrogen and oxygen atoms in total. The van der Waals surface area contributed by atoms with Crippen molar-refractivity contribution in [2.24, 2.45) is 0 Å². The fourth-order valence-electron chi connectivity index (χ4n) is 1.94. The van der Waals surface area contributed by atoms with Gasteiger partial charge in [-0.2, -0.15) is 0 Å². The summed E-state index contributed by atoms with van der Waals surface area (Å²) in [5.74, 6) is -0.619. The summed E-state index contributed by atoms with van der Waals surface area (Å²) >= 11 is 5.00. The highest BCUT2D eigenvalue weighted by molar-refractivity contribution is 9.11. The molecule has 0 saturated carbocycles. The first-order valence-corrected chi connectivity index (χ1v) is 7.44. The number of nitrogens with zero attached hydrogens (tertiary/aromatic N) is 2. The van der Waals surface area contributed by atoms with Crippen LogP contribution < -0.4 is 5.32 Å². The van der Waals surface area contributed by atoms with Gasteiger partial charge in [-0.1, -0.05) is 6.07 Å². The van der Waals surface area contributed by atoms with Gasteiger partial charge in [-0.15, -0.1) is 11.3 Å². The van der Waals surface area contributed by atoms with E-state index in [0.29, 0.717) is 18.0 Å². The van der Waals surface area contributed by atoms with Crippen LogP contribution in [0.2, 0.25) is 0 Å². The molecule has 0 radical (unpaired) electrons. The minimum atomic E-state index is -1.00. The van der Waals surface area contributed by atoms with E-state index < -0.39 is 5.97 Å². The van der Waals surface area contributed by atoms with Gasteiger partial charge >= 0.3 is 5.97 Å². The van der Waals surface area contributed by atoms with Crippen LogP contribution in [0.3, 0.4) is 0 Å². The molecule has 0 atom stereocenters. The smallest absolute Gasteiger partial charge is 0.356 e. The number of hydrogen-bond acceptors (Lipinski definition) is 4. The van der Waals surface area contributed by atoms with Crippen molar-refractivity contribution in [3.05, 3.63) is 50.9 Å². The van der Waals surface area contributed by atoms with E-state index in [1.807, 2.05) is 18.2 Å². The van der Waals surface area contributed by atoms with E-state index in [9.17, 15) is 9.90 Å². The second-order valence-corrected chi connectivity index (χ2v) is 6.65.